The summed E-state index contributed by atoms with van der Waals surface area (Å²) in [6, 6.07) is 22.9. The van der Waals surface area contributed by atoms with Crippen molar-refractivity contribution >= 4 is 41.7 Å². The maximum atomic E-state index is 15.7. The monoisotopic (exact) mass is 951 g/mol. The number of fused-ring (bicyclic) bond motifs is 5. The largest absolute Gasteiger partial charge is 0.457 e. The maximum absolute atomic E-state index is 15.7. The van der Waals surface area contributed by atoms with E-state index in [0.717, 1.165) is 18.7 Å². The van der Waals surface area contributed by atoms with Crippen LogP contribution in [0.4, 0.5) is 4.79 Å². The normalized spacial score (nSPS) is 30.0. The molecule has 0 spiro atoms. The fraction of sp³-hybridized carbons (Fsp3) is 0.491. The Labute approximate surface area is 401 Å². The third-order valence-electron chi connectivity index (χ3n) is 14.5. The molecule has 3 fully saturated rings. The molecule has 16 nitrogen and oxygen atoms in total. The molecule has 0 radical (unpaired) electrons. The molecule has 2 bridgehead atoms. The van der Waals surface area contributed by atoms with E-state index < -0.39 is 124 Å². The molecule has 11 atom stereocenters. The molecule has 2 N–H and O–H groups in total. The van der Waals surface area contributed by atoms with Crippen molar-refractivity contribution < 1.29 is 72.2 Å². The van der Waals surface area contributed by atoms with Crippen LogP contribution in [0, 0.1) is 22.7 Å². The van der Waals surface area contributed by atoms with Crippen molar-refractivity contribution in [3.05, 3.63) is 119 Å². The number of ketones is 1. The molecule has 3 aromatic rings. The zero-order valence-corrected chi connectivity index (χ0v) is 40.5. The second kappa shape index (κ2) is 18.6. The van der Waals surface area contributed by atoms with E-state index in [2.05, 4.69) is 0 Å². The van der Waals surface area contributed by atoms with E-state index in [1.54, 1.807) is 108 Å². The van der Waals surface area contributed by atoms with Crippen LogP contribution in [0.15, 0.2) is 102 Å². The summed E-state index contributed by atoms with van der Waals surface area (Å²) in [5.74, 6) is -8.11. The Kier molecular flexibility index (Phi) is 13.6. The second-order valence-corrected chi connectivity index (χ2v) is 20.3. The first-order valence-corrected chi connectivity index (χ1v) is 23.1. The van der Waals surface area contributed by atoms with Gasteiger partial charge in [0.05, 0.1) is 41.6 Å². The van der Waals surface area contributed by atoms with Gasteiger partial charge in [0.1, 0.15) is 29.5 Å². The third-order valence-corrected chi connectivity index (χ3v) is 14.5. The summed E-state index contributed by atoms with van der Waals surface area (Å²) in [7, 11) is 0. The third kappa shape index (κ3) is 8.87. The number of hydrogen-bond donors (Lipinski definition) is 2. The number of carbonyl (C=O) groups is 7. The van der Waals surface area contributed by atoms with Crippen LogP contribution in [0.25, 0.3) is 0 Å². The van der Waals surface area contributed by atoms with Gasteiger partial charge in [-0.3, -0.25) is 24.0 Å². The number of nitrogens with zero attached hydrogens (tertiary/aromatic N) is 1. The fourth-order valence-electron chi connectivity index (χ4n) is 11.1. The molecule has 69 heavy (non-hydrogen) atoms. The van der Waals surface area contributed by atoms with Gasteiger partial charge in [-0.25, -0.2) is 14.5 Å². The zero-order chi connectivity index (χ0) is 50.6. The Morgan fingerprint density at radius 3 is 1.90 bits per heavy atom. The standard InChI is InChI=1S/C53H61NO15/c1-29-36(66-46(60)30(2)40(33-20-14-11-15-21-33)54(48(62)69-49(5,6)7)45(59)34-22-16-12-17-23-34)27-53(63)44(67-47(61)35-24-18-13-19-25-35)42-51(10,37(57)26-38-52(42,28-64-38)68-32(4)56)43(58)41(65-31(3)55)39(29)50(53,8)9/h11-25,30,36-38,40-42,44,57,63H,26-28H2,1-10H3/t30-,36+,37-,38+,40+,41+,42?,44+,51+,52?,53+/m0/s1. The molecule has 3 aliphatic carbocycles. The Hall–Kier alpha value is -6.23. The number of benzene rings is 3. The molecule has 368 valence electrons. The highest BCUT2D eigenvalue weighted by molar-refractivity contribution is 6.04. The SMILES string of the molecule is CC(=O)O[C@H]1C(=O)[C@@]2(C)C([C@@H](OC(=O)c3ccccc3)[C@]3(O)C[C@@H](OC(=O)[C@@H](C)[C@H](c4ccccc4)N(C(=O)OC(C)(C)C)C(=O)c4ccccc4)C(C)=C1C3(C)C)C1(OC(C)=O)CO[C@@H]1C[C@@H]2O. The smallest absolute Gasteiger partial charge is 0.417 e. The first kappa shape index (κ1) is 50.6. The Bertz CT molecular complexity index is 2540. The van der Waals surface area contributed by atoms with Gasteiger partial charge in [0.2, 0.25) is 0 Å². The van der Waals surface area contributed by atoms with Crippen LogP contribution in [0.1, 0.15) is 114 Å². The van der Waals surface area contributed by atoms with Gasteiger partial charge in [-0.15, -0.1) is 0 Å². The summed E-state index contributed by atoms with van der Waals surface area (Å²) >= 11 is 0. The second-order valence-electron chi connectivity index (χ2n) is 20.3. The van der Waals surface area contributed by atoms with E-state index in [-0.39, 0.29) is 35.3 Å². The van der Waals surface area contributed by atoms with E-state index in [1.165, 1.54) is 38.1 Å². The van der Waals surface area contributed by atoms with Gasteiger partial charge in [0, 0.05) is 37.7 Å². The average molecular weight is 952 g/mol. The number of carbonyl (C=O) groups excluding carboxylic acids is 7. The maximum Gasteiger partial charge on any atom is 0.417 e. The van der Waals surface area contributed by atoms with E-state index >= 15 is 9.59 Å². The number of imide groups is 1. The lowest BCUT2D eigenvalue weighted by atomic mass is 9.44. The number of hydrogen-bond acceptors (Lipinski definition) is 15. The lowest BCUT2D eigenvalue weighted by molar-refractivity contribution is -0.346. The molecule has 2 saturated carbocycles. The topological polar surface area (TPSA) is 219 Å². The molecule has 7 rings (SSSR count). The summed E-state index contributed by atoms with van der Waals surface area (Å²) in [4.78, 5) is 101. The quantitative estimate of drug-likeness (QED) is 0.123. The van der Waals surface area contributed by atoms with Crippen molar-refractivity contribution in [3.63, 3.8) is 0 Å². The van der Waals surface area contributed by atoms with Gasteiger partial charge in [0.25, 0.3) is 5.91 Å². The number of aliphatic hydroxyl groups excluding tert-OH is 1. The molecule has 2 amide bonds. The summed E-state index contributed by atoms with van der Waals surface area (Å²) in [6.07, 6.45) is -9.53. The van der Waals surface area contributed by atoms with Gasteiger partial charge in [-0.05, 0) is 82.5 Å². The van der Waals surface area contributed by atoms with Crippen molar-refractivity contribution in [2.24, 2.45) is 22.7 Å². The van der Waals surface area contributed by atoms with Crippen molar-refractivity contribution in [2.45, 2.75) is 135 Å². The first-order chi connectivity index (χ1) is 32.3. The molecular weight excluding hydrogens is 891 g/mol. The summed E-state index contributed by atoms with van der Waals surface area (Å²) in [5, 5.41) is 26.1. The first-order valence-electron chi connectivity index (χ1n) is 23.1. The summed E-state index contributed by atoms with van der Waals surface area (Å²) in [6.45, 7) is 14.4. The number of rotatable bonds is 10. The molecule has 4 aliphatic rings. The van der Waals surface area contributed by atoms with E-state index in [0.29, 0.717) is 5.56 Å². The van der Waals surface area contributed by atoms with Crippen LogP contribution >= 0.6 is 0 Å². The van der Waals surface area contributed by atoms with Gasteiger partial charge >= 0.3 is 30.0 Å². The molecule has 0 aromatic heterocycles. The zero-order valence-electron chi connectivity index (χ0n) is 40.5. The number of aliphatic hydroxyl groups is 2. The van der Waals surface area contributed by atoms with Crippen LogP contribution in [0.3, 0.4) is 0 Å². The Morgan fingerprint density at radius 1 is 0.812 bits per heavy atom. The average Bonchev–Trinajstić information content (AvgIpc) is 3.28. The minimum atomic E-state index is -2.40. The molecular formula is C53H61NO15. The number of Topliss-reactive ketones (excluding diaryl/α,β-unsaturated/α-hetero) is 1. The Balaban J connectivity index is 1.42. The highest BCUT2D eigenvalue weighted by atomic mass is 16.6. The fourth-order valence-corrected chi connectivity index (χ4v) is 11.1. The molecule has 1 saturated heterocycles. The molecule has 16 heteroatoms. The molecule has 2 unspecified atom stereocenters. The summed E-state index contributed by atoms with van der Waals surface area (Å²) < 4.78 is 36.7. The minimum absolute atomic E-state index is 0.0114. The lowest BCUT2D eigenvalue weighted by Gasteiger charge is -2.67. The van der Waals surface area contributed by atoms with Crippen LogP contribution < -0.4 is 0 Å². The van der Waals surface area contributed by atoms with Crippen molar-refractivity contribution in [3.8, 4) is 0 Å². The van der Waals surface area contributed by atoms with Crippen LogP contribution in [0.5, 0.6) is 0 Å². The number of ether oxygens (including phenoxy) is 6. The van der Waals surface area contributed by atoms with Crippen LogP contribution in [0.2, 0.25) is 0 Å². The van der Waals surface area contributed by atoms with Gasteiger partial charge in [-0.2, -0.15) is 0 Å². The highest BCUT2D eigenvalue weighted by Crippen LogP contribution is 2.64. The Morgan fingerprint density at radius 2 is 1.38 bits per heavy atom. The van der Waals surface area contributed by atoms with Crippen LogP contribution in [-0.2, 0) is 47.6 Å². The van der Waals surface area contributed by atoms with Crippen molar-refractivity contribution in [1.29, 1.82) is 0 Å². The molecule has 3 aromatic carbocycles. The predicted molar refractivity (Wildman–Crippen MR) is 246 cm³/mol. The number of amides is 2. The predicted octanol–water partition coefficient (Wildman–Crippen LogP) is 6.66. The van der Waals surface area contributed by atoms with E-state index in [1.807, 2.05) is 0 Å². The van der Waals surface area contributed by atoms with Crippen molar-refractivity contribution in [2.75, 3.05) is 6.61 Å². The lowest BCUT2D eigenvalue weighted by Crippen LogP contribution is -2.82. The van der Waals surface area contributed by atoms with E-state index in [9.17, 15) is 34.2 Å². The van der Waals surface area contributed by atoms with Gasteiger partial charge in [0.15, 0.2) is 17.5 Å². The van der Waals surface area contributed by atoms with Crippen LogP contribution in [-0.4, -0.2) is 111 Å². The highest BCUT2D eigenvalue weighted by Gasteiger charge is 2.78. The molecule has 1 heterocycles. The summed E-state index contributed by atoms with van der Waals surface area (Å²) in [5.41, 5.74) is -8.22. The van der Waals surface area contributed by atoms with Crippen molar-refractivity contribution in [1.82, 2.24) is 4.90 Å². The van der Waals surface area contributed by atoms with Gasteiger partial charge < -0.3 is 38.6 Å². The minimum Gasteiger partial charge on any atom is -0.457 e. The molecule has 1 aliphatic heterocycles. The number of esters is 4. The van der Waals surface area contributed by atoms with Gasteiger partial charge in [-0.1, -0.05) is 80.6 Å². The van der Waals surface area contributed by atoms with E-state index in [4.69, 9.17) is 28.4 Å².